The van der Waals surface area contributed by atoms with Crippen LogP contribution in [0.2, 0.25) is 0 Å². The molecule has 1 fully saturated rings. The summed E-state index contributed by atoms with van der Waals surface area (Å²) in [5.41, 5.74) is 1.19. The molecule has 0 radical (unpaired) electrons. The summed E-state index contributed by atoms with van der Waals surface area (Å²) in [7, 11) is 5.63. The number of hydrogen-bond donors (Lipinski definition) is 1. The lowest BCUT2D eigenvalue weighted by molar-refractivity contribution is 0.213. The lowest BCUT2D eigenvalue weighted by atomic mass is 10.1. The molecule has 1 atom stereocenters. The van der Waals surface area contributed by atoms with Crippen LogP contribution in [-0.4, -0.2) is 45.3 Å². The van der Waals surface area contributed by atoms with Crippen molar-refractivity contribution in [2.45, 2.75) is 31.8 Å². The Labute approximate surface area is 134 Å². The summed E-state index contributed by atoms with van der Waals surface area (Å²) in [5.74, 6) is 1.82. The van der Waals surface area contributed by atoms with E-state index in [0.29, 0.717) is 6.04 Å². The van der Waals surface area contributed by atoms with Crippen molar-refractivity contribution >= 4 is 12.4 Å². The first kappa shape index (κ1) is 18.1. The van der Waals surface area contributed by atoms with Crippen LogP contribution in [0, 0.1) is 0 Å². The number of hydrogen-bond acceptors (Lipinski definition) is 4. The Kier molecular flexibility index (Phi) is 7.86. The molecule has 0 bridgehead atoms. The Morgan fingerprint density at radius 3 is 2.71 bits per heavy atom. The van der Waals surface area contributed by atoms with Gasteiger partial charge in [0, 0.05) is 18.2 Å². The third kappa shape index (κ3) is 5.06. The normalized spacial score (nSPS) is 18.8. The highest BCUT2D eigenvalue weighted by atomic mass is 35.5. The first-order chi connectivity index (χ1) is 9.74. The molecule has 0 amide bonds. The molecule has 1 aliphatic heterocycles. The fourth-order valence-corrected chi connectivity index (χ4v) is 2.84. The van der Waals surface area contributed by atoms with Crippen LogP contribution in [-0.2, 0) is 6.54 Å². The Morgan fingerprint density at radius 1 is 1.19 bits per heavy atom. The minimum Gasteiger partial charge on any atom is -0.497 e. The molecule has 0 saturated carbocycles. The summed E-state index contributed by atoms with van der Waals surface area (Å²) in [5, 5.41) is 3.47. The summed E-state index contributed by atoms with van der Waals surface area (Å²) in [4.78, 5) is 2.43. The van der Waals surface area contributed by atoms with E-state index in [9.17, 15) is 0 Å². The average molecular weight is 315 g/mol. The third-order valence-electron chi connectivity index (χ3n) is 4.08. The number of methoxy groups -OCH3 is 2. The van der Waals surface area contributed by atoms with Gasteiger partial charge >= 0.3 is 0 Å². The van der Waals surface area contributed by atoms with Gasteiger partial charge in [0.2, 0.25) is 0 Å². The maximum absolute atomic E-state index is 5.46. The molecule has 1 aromatic carbocycles. The molecule has 0 aromatic heterocycles. The molecule has 0 spiro atoms. The third-order valence-corrected chi connectivity index (χ3v) is 4.08. The first-order valence-corrected chi connectivity index (χ1v) is 7.36. The molecule has 1 unspecified atom stereocenters. The van der Waals surface area contributed by atoms with Gasteiger partial charge in [-0.25, -0.2) is 0 Å². The second-order valence-corrected chi connectivity index (χ2v) is 5.43. The Bertz CT molecular complexity index is 421. The van der Waals surface area contributed by atoms with Crippen molar-refractivity contribution in [3.05, 3.63) is 23.8 Å². The van der Waals surface area contributed by atoms with E-state index in [2.05, 4.69) is 23.3 Å². The highest BCUT2D eigenvalue weighted by Gasteiger charge is 2.18. The molecule has 21 heavy (non-hydrogen) atoms. The fourth-order valence-electron chi connectivity index (χ4n) is 2.84. The van der Waals surface area contributed by atoms with Crippen molar-refractivity contribution in [3.8, 4) is 11.5 Å². The van der Waals surface area contributed by atoms with E-state index in [1.165, 1.54) is 24.8 Å². The van der Waals surface area contributed by atoms with E-state index >= 15 is 0 Å². The summed E-state index contributed by atoms with van der Waals surface area (Å²) < 4.78 is 10.8. The van der Waals surface area contributed by atoms with E-state index in [1.807, 2.05) is 12.1 Å². The molecule has 4 nitrogen and oxygen atoms in total. The van der Waals surface area contributed by atoms with E-state index in [0.717, 1.165) is 31.1 Å². The molecule has 1 saturated heterocycles. The highest BCUT2D eigenvalue weighted by Crippen LogP contribution is 2.26. The van der Waals surface area contributed by atoms with Crippen molar-refractivity contribution in [2.24, 2.45) is 0 Å². The van der Waals surface area contributed by atoms with Crippen molar-refractivity contribution in [3.63, 3.8) is 0 Å². The van der Waals surface area contributed by atoms with E-state index in [-0.39, 0.29) is 12.4 Å². The molecule has 5 heteroatoms. The lowest BCUT2D eigenvalue weighted by Crippen LogP contribution is -2.32. The largest absolute Gasteiger partial charge is 0.497 e. The zero-order valence-electron chi connectivity index (χ0n) is 13.2. The van der Waals surface area contributed by atoms with Crippen LogP contribution in [0.1, 0.15) is 24.8 Å². The predicted octanol–water partition coefficient (Wildman–Crippen LogP) is 2.70. The molecule has 1 aromatic rings. The molecule has 120 valence electrons. The zero-order valence-corrected chi connectivity index (χ0v) is 14.0. The highest BCUT2D eigenvalue weighted by molar-refractivity contribution is 5.85. The zero-order chi connectivity index (χ0) is 14.4. The Balaban J connectivity index is 0.00000220. The van der Waals surface area contributed by atoms with Crippen LogP contribution in [0.3, 0.4) is 0 Å². The summed E-state index contributed by atoms with van der Waals surface area (Å²) in [6.45, 7) is 3.15. The van der Waals surface area contributed by atoms with Gasteiger partial charge in [-0.15, -0.1) is 12.4 Å². The molecule has 2 rings (SSSR count). The van der Waals surface area contributed by atoms with Gasteiger partial charge in [0.05, 0.1) is 14.2 Å². The van der Waals surface area contributed by atoms with Crippen LogP contribution in [0.25, 0.3) is 0 Å². The van der Waals surface area contributed by atoms with Gasteiger partial charge in [0.15, 0.2) is 0 Å². The van der Waals surface area contributed by atoms with Crippen LogP contribution in [0.15, 0.2) is 18.2 Å². The van der Waals surface area contributed by atoms with Crippen molar-refractivity contribution in [1.29, 1.82) is 0 Å². The molecular weight excluding hydrogens is 288 g/mol. The monoisotopic (exact) mass is 314 g/mol. The van der Waals surface area contributed by atoms with Gasteiger partial charge < -0.3 is 14.8 Å². The number of nitrogens with one attached hydrogen (secondary N) is 1. The van der Waals surface area contributed by atoms with Crippen LogP contribution in [0.4, 0.5) is 0 Å². The second-order valence-electron chi connectivity index (χ2n) is 5.43. The Morgan fingerprint density at radius 2 is 2.00 bits per heavy atom. The standard InChI is InChI=1S/C16H26N2O2.ClH/c1-18(14-5-4-9-17-10-8-14)12-13-11-15(19-2)6-7-16(13)20-3;/h6-7,11,14,17H,4-5,8-10,12H2,1-3H3;1H. The topological polar surface area (TPSA) is 33.7 Å². The molecule has 1 heterocycles. The van der Waals surface area contributed by atoms with Crippen molar-refractivity contribution < 1.29 is 9.47 Å². The van der Waals surface area contributed by atoms with Gasteiger partial charge in [-0.3, -0.25) is 4.90 Å². The van der Waals surface area contributed by atoms with Gasteiger partial charge in [-0.1, -0.05) is 0 Å². The van der Waals surface area contributed by atoms with E-state index in [1.54, 1.807) is 14.2 Å². The SMILES string of the molecule is COc1ccc(OC)c(CN(C)C2CCCNCC2)c1.Cl. The molecule has 0 aliphatic carbocycles. The number of benzene rings is 1. The fraction of sp³-hybridized carbons (Fsp3) is 0.625. The quantitative estimate of drug-likeness (QED) is 0.906. The smallest absolute Gasteiger partial charge is 0.123 e. The first-order valence-electron chi connectivity index (χ1n) is 7.36. The summed E-state index contributed by atoms with van der Waals surface area (Å²) in [6, 6.07) is 6.64. The minimum absolute atomic E-state index is 0. The van der Waals surface area contributed by atoms with Crippen LogP contribution < -0.4 is 14.8 Å². The molecular formula is C16H27ClN2O2. The Hall–Kier alpha value is -0.970. The minimum atomic E-state index is 0. The molecule has 1 N–H and O–H groups in total. The number of ether oxygens (including phenoxy) is 2. The van der Waals surface area contributed by atoms with Crippen molar-refractivity contribution in [2.75, 3.05) is 34.4 Å². The van der Waals surface area contributed by atoms with Crippen molar-refractivity contribution in [1.82, 2.24) is 10.2 Å². The predicted molar refractivity (Wildman–Crippen MR) is 88.8 cm³/mol. The number of halogens is 1. The second kappa shape index (κ2) is 9.13. The van der Waals surface area contributed by atoms with Gasteiger partial charge in [-0.2, -0.15) is 0 Å². The lowest BCUT2D eigenvalue weighted by Gasteiger charge is -2.27. The van der Waals surface area contributed by atoms with Crippen LogP contribution >= 0.6 is 12.4 Å². The maximum atomic E-state index is 5.46. The summed E-state index contributed by atoms with van der Waals surface area (Å²) in [6.07, 6.45) is 3.73. The molecule has 1 aliphatic rings. The van der Waals surface area contributed by atoms with Gasteiger partial charge in [-0.05, 0) is 57.6 Å². The number of rotatable bonds is 5. The number of nitrogens with zero attached hydrogens (tertiary/aromatic N) is 1. The van der Waals surface area contributed by atoms with Gasteiger partial charge in [0.1, 0.15) is 11.5 Å². The average Bonchev–Trinajstić information content (AvgIpc) is 2.76. The van der Waals surface area contributed by atoms with Gasteiger partial charge in [0.25, 0.3) is 0 Å². The van der Waals surface area contributed by atoms with E-state index in [4.69, 9.17) is 9.47 Å². The maximum Gasteiger partial charge on any atom is 0.123 e. The summed E-state index contributed by atoms with van der Waals surface area (Å²) >= 11 is 0. The van der Waals surface area contributed by atoms with Crippen LogP contribution in [0.5, 0.6) is 11.5 Å². The van der Waals surface area contributed by atoms with E-state index < -0.39 is 0 Å².